The minimum absolute atomic E-state index is 0. The van der Waals surface area contributed by atoms with Crippen molar-refractivity contribution in [3.63, 3.8) is 0 Å². The van der Waals surface area contributed by atoms with Crippen molar-refractivity contribution in [1.29, 1.82) is 0 Å². The van der Waals surface area contributed by atoms with E-state index in [9.17, 15) is 9.59 Å². The molecule has 0 aliphatic carbocycles. The summed E-state index contributed by atoms with van der Waals surface area (Å²) < 4.78 is 5.25. The number of amides is 2. The zero-order valence-electron chi connectivity index (χ0n) is 17.1. The molecule has 3 N–H and O–H groups in total. The zero-order valence-corrected chi connectivity index (χ0v) is 17.9. The predicted molar refractivity (Wildman–Crippen MR) is 114 cm³/mol. The molecule has 0 radical (unpaired) electrons. The average Bonchev–Trinajstić information content (AvgIpc) is 3.03. The molecule has 1 saturated heterocycles. The third-order valence-corrected chi connectivity index (χ3v) is 5.05. The van der Waals surface area contributed by atoms with E-state index < -0.39 is 0 Å². The van der Waals surface area contributed by atoms with Crippen LogP contribution >= 0.6 is 12.4 Å². The maximum Gasteiger partial charge on any atom is 0.244 e. The van der Waals surface area contributed by atoms with Gasteiger partial charge in [-0.2, -0.15) is 0 Å². The first-order chi connectivity index (χ1) is 12.9. The smallest absolute Gasteiger partial charge is 0.244 e. The monoisotopic (exact) mass is 412 g/mol. The Balaban J connectivity index is 0.00000392. The number of nitrogens with two attached hydrogens (primary N) is 1. The molecule has 28 heavy (non-hydrogen) atoms. The fourth-order valence-corrected chi connectivity index (χ4v) is 3.39. The average molecular weight is 413 g/mol. The molecule has 1 unspecified atom stereocenters. The maximum atomic E-state index is 12.7. The molecular weight excluding hydrogens is 380 g/mol. The lowest BCUT2D eigenvalue weighted by molar-refractivity contribution is -0.135. The second-order valence-electron chi connectivity index (χ2n) is 7.54. The Labute approximate surface area is 174 Å². The van der Waals surface area contributed by atoms with Crippen LogP contribution < -0.4 is 15.8 Å². The van der Waals surface area contributed by atoms with E-state index in [1.807, 2.05) is 19.1 Å². The molecular formula is C20H33ClN4O3. The lowest BCUT2D eigenvalue weighted by Crippen LogP contribution is -2.44. The molecule has 8 heteroatoms. The number of carbonyl (C=O) groups is 2. The van der Waals surface area contributed by atoms with Crippen molar-refractivity contribution < 1.29 is 14.3 Å². The Morgan fingerprint density at radius 3 is 2.68 bits per heavy atom. The highest BCUT2D eigenvalue weighted by Gasteiger charge is 2.33. The van der Waals surface area contributed by atoms with Crippen molar-refractivity contribution in [2.24, 2.45) is 11.1 Å². The van der Waals surface area contributed by atoms with Gasteiger partial charge in [0.25, 0.3) is 0 Å². The van der Waals surface area contributed by atoms with Crippen LogP contribution in [0, 0.1) is 5.41 Å². The lowest BCUT2D eigenvalue weighted by atomic mass is 9.90. The number of likely N-dealkylation sites (tertiary alicyclic amines) is 1. The highest BCUT2D eigenvalue weighted by atomic mass is 35.5. The molecule has 2 amide bonds. The van der Waals surface area contributed by atoms with Crippen molar-refractivity contribution >= 4 is 29.9 Å². The Hall–Kier alpha value is -1.83. The summed E-state index contributed by atoms with van der Waals surface area (Å²) in [7, 11) is 1.56. The molecule has 0 spiro atoms. The van der Waals surface area contributed by atoms with Crippen molar-refractivity contribution in [1.82, 2.24) is 9.80 Å². The summed E-state index contributed by atoms with van der Waals surface area (Å²) in [6.07, 6.45) is 1.80. The first-order valence-corrected chi connectivity index (χ1v) is 9.54. The topological polar surface area (TPSA) is 87.9 Å². The first-order valence-electron chi connectivity index (χ1n) is 9.54. The van der Waals surface area contributed by atoms with Crippen LogP contribution in [-0.2, 0) is 9.59 Å². The minimum atomic E-state index is -0.227. The number of para-hydroxylation sites is 2. The highest BCUT2D eigenvalue weighted by Crippen LogP contribution is 2.28. The number of nitrogens with zero attached hydrogens (tertiary/aromatic N) is 2. The molecule has 1 aromatic carbocycles. The quantitative estimate of drug-likeness (QED) is 0.647. The largest absolute Gasteiger partial charge is 0.495 e. The summed E-state index contributed by atoms with van der Waals surface area (Å²) in [6, 6.07) is 7.23. The molecule has 1 heterocycles. The standard InChI is InChI=1S/C20H32N4O3.ClH/c1-4-10-24(19(26)13-23-11-9-20(2,14-21)15-23)12-18(25)22-16-7-5-6-8-17(16)27-3;/h5-8H,4,9-15,21H2,1-3H3,(H,22,25);1H. The van der Waals surface area contributed by atoms with Crippen LogP contribution in [0.25, 0.3) is 0 Å². The van der Waals surface area contributed by atoms with Crippen molar-refractivity contribution in [3.8, 4) is 5.75 Å². The molecule has 1 atom stereocenters. The third-order valence-electron chi connectivity index (χ3n) is 5.05. The van der Waals surface area contributed by atoms with Gasteiger partial charge in [-0.3, -0.25) is 14.5 Å². The first kappa shape index (κ1) is 24.2. The van der Waals surface area contributed by atoms with Gasteiger partial charge in [-0.1, -0.05) is 26.0 Å². The number of methoxy groups -OCH3 is 1. The van der Waals surface area contributed by atoms with Crippen LogP contribution in [0.15, 0.2) is 24.3 Å². The number of rotatable bonds is 9. The third kappa shape index (κ3) is 6.65. The molecule has 2 rings (SSSR count). The summed E-state index contributed by atoms with van der Waals surface area (Å²) in [5.74, 6) is 0.347. The van der Waals surface area contributed by atoms with Crippen LogP contribution in [0.1, 0.15) is 26.7 Å². The fraction of sp³-hybridized carbons (Fsp3) is 0.600. The molecule has 0 bridgehead atoms. The van der Waals surface area contributed by atoms with Gasteiger partial charge in [-0.25, -0.2) is 0 Å². The Morgan fingerprint density at radius 1 is 1.36 bits per heavy atom. The van der Waals surface area contributed by atoms with E-state index >= 15 is 0 Å². The van der Waals surface area contributed by atoms with Crippen LogP contribution in [0.4, 0.5) is 5.69 Å². The van der Waals surface area contributed by atoms with E-state index in [1.165, 1.54) is 0 Å². The van der Waals surface area contributed by atoms with Gasteiger partial charge in [0.2, 0.25) is 11.8 Å². The Morgan fingerprint density at radius 2 is 2.07 bits per heavy atom. The second-order valence-corrected chi connectivity index (χ2v) is 7.54. The second kappa shape index (κ2) is 11.2. The van der Waals surface area contributed by atoms with E-state index in [1.54, 1.807) is 24.1 Å². The van der Waals surface area contributed by atoms with Crippen LogP contribution in [0.5, 0.6) is 5.75 Å². The number of halogens is 1. The number of anilines is 1. The lowest BCUT2D eigenvalue weighted by Gasteiger charge is -2.26. The van der Waals surface area contributed by atoms with Gasteiger partial charge in [0.1, 0.15) is 5.75 Å². The number of benzene rings is 1. The van der Waals surface area contributed by atoms with E-state index in [-0.39, 0.29) is 36.2 Å². The molecule has 1 aliphatic rings. The van der Waals surface area contributed by atoms with E-state index in [4.69, 9.17) is 10.5 Å². The number of hydrogen-bond acceptors (Lipinski definition) is 5. The number of ether oxygens (including phenoxy) is 1. The van der Waals surface area contributed by atoms with Gasteiger partial charge in [0.05, 0.1) is 25.9 Å². The number of carbonyl (C=O) groups excluding carboxylic acids is 2. The van der Waals surface area contributed by atoms with Gasteiger partial charge in [-0.05, 0) is 43.5 Å². The van der Waals surface area contributed by atoms with Crippen LogP contribution in [0.2, 0.25) is 0 Å². The fourth-order valence-electron chi connectivity index (χ4n) is 3.39. The number of nitrogens with one attached hydrogen (secondary N) is 1. The van der Waals surface area contributed by atoms with Crippen molar-refractivity contribution in [3.05, 3.63) is 24.3 Å². The molecule has 1 aliphatic heterocycles. The van der Waals surface area contributed by atoms with E-state index in [2.05, 4.69) is 17.1 Å². The summed E-state index contributed by atoms with van der Waals surface area (Å²) in [5.41, 5.74) is 6.53. The van der Waals surface area contributed by atoms with E-state index in [0.717, 1.165) is 25.9 Å². The van der Waals surface area contributed by atoms with Crippen LogP contribution in [-0.4, -0.2) is 68.0 Å². The molecule has 7 nitrogen and oxygen atoms in total. The summed E-state index contributed by atoms with van der Waals surface area (Å²) in [4.78, 5) is 29.0. The summed E-state index contributed by atoms with van der Waals surface area (Å²) in [6.45, 7) is 7.39. The zero-order chi connectivity index (χ0) is 19.9. The van der Waals surface area contributed by atoms with Crippen LogP contribution in [0.3, 0.4) is 0 Å². The normalized spacial score (nSPS) is 19.0. The Kier molecular flexibility index (Phi) is 9.72. The molecule has 1 aromatic rings. The van der Waals surface area contributed by atoms with Gasteiger partial charge in [0.15, 0.2) is 0 Å². The predicted octanol–water partition coefficient (Wildman–Crippen LogP) is 1.96. The van der Waals surface area contributed by atoms with Gasteiger partial charge >= 0.3 is 0 Å². The summed E-state index contributed by atoms with van der Waals surface area (Å²) in [5, 5.41) is 2.83. The van der Waals surface area contributed by atoms with E-state index in [0.29, 0.717) is 31.1 Å². The summed E-state index contributed by atoms with van der Waals surface area (Å²) >= 11 is 0. The van der Waals surface area contributed by atoms with Gasteiger partial charge < -0.3 is 20.7 Å². The molecule has 158 valence electrons. The minimum Gasteiger partial charge on any atom is -0.495 e. The van der Waals surface area contributed by atoms with Gasteiger partial charge in [-0.15, -0.1) is 12.4 Å². The van der Waals surface area contributed by atoms with Gasteiger partial charge in [0, 0.05) is 13.1 Å². The Bertz CT molecular complexity index is 658. The highest BCUT2D eigenvalue weighted by molar-refractivity contribution is 5.95. The maximum absolute atomic E-state index is 12.7. The number of hydrogen-bond donors (Lipinski definition) is 2. The molecule has 1 fully saturated rings. The molecule has 0 saturated carbocycles. The molecule has 0 aromatic heterocycles. The van der Waals surface area contributed by atoms with Crippen molar-refractivity contribution in [2.45, 2.75) is 26.7 Å². The SMILES string of the molecule is CCCN(CC(=O)Nc1ccccc1OC)C(=O)CN1CCC(C)(CN)C1.Cl. The van der Waals surface area contributed by atoms with Crippen molar-refractivity contribution in [2.75, 3.05) is 51.7 Å².